The summed E-state index contributed by atoms with van der Waals surface area (Å²) in [6, 6.07) is 1.29. The molecule has 4 N–H and O–H groups in total. The van der Waals surface area contributed by atoms with Crippen LogP contribution in [0.1, 0.15) is 5.37 Å². The van der Waals surface area contributed by atoms with Crippen molar-refractivity contribution < 1.29 is 15.3 Å². The maximum Gasteiger partial charge on any atom is 0.251 e. The van der Waals surface area contributed by atoms with Gasteiger partial charge in [0.05, 0.1) is 18.0 Å². The quantitative estimate of drug-likeness (QED) is 0.530. The Hall–Kier alpha value is -0.670. The van der Waals surface area contributed by atoms with Gasteiger partial charge < -0.3 is 19.9 Å². The number of thioether (sulfide) groups is 1. The van der Waals surface area contributed by atoms with E-state index in [1.54, 1.807) is 0 Å². The lowest BCUT2D eigenvalue weighted by molar-refractivity contribution is 0.0104. The lowest BCUT2D eigenvalue weighted by Crippen LogP contribution is -2.33. The third-order valence-corrected chi connectivity index (χ3v) is 4.52. The Bertz CT molecular complexity index is 514. The molecule has 94 valence electrons. The lowest BCUT2D eigenvalue weighted by Gasteiger charge is -2.18. The number of aliphatic hydroxyl groups excluding tert-OH is 3. The third kappa shape index (κ3) is 2.31. The van der Waals surface area contributed by atoms with Crippen LogP contribution in [0, 0.1) is 4.77 Å². The number of nitrogens with zero attached hydrogens (tertiary/aromatic N) is 1. The first-order valence-electron chi connectivity index (χ1n) is 4.98. The van der Waals surface area contributed by atoms with Gasteiger partial charge in [0.25, 0.3) is 5.56 Å². The summed E-state index contributed by atoms with van der Waals surface area (Å²) in [7, 11) is 0. The van der Waals surface area contributed by atoms with Gasteiger partial charge >= 0.3 is 0 Å². The molecule has 0 saturated carbocycles. The first-order chi connectivity index (χ1) is 8.04. The summed E-state index contributed by atoms with van der Waals surface area (Å²) < 4.78 is 1.69. The monoisotopic (exact) mass is 276 g/mol. The van der Waals surface area contributed by atoms with Crippen molar-refractivity contribution in [2.45, 2.75) is 22.8 Å². The van der Waals surface area contributed by atoms with Gasteiger partial charge in [-0.25, -0.2) is 0 Å². The van der Waals surface area contributed by atoms with E-state index in [0.29, 0.717) is 0 Å². The molecule has 1 aliphatic rings. The number of H-pyrrole nitrogens is 1. The summed E-state index contributed by atoms with van der Waals surface area (Å²) in [5, 5.41) is 27.6. The van der Waals surface area contributed by atoms with Crippen molar-refractivity contribution in [2.24, 2.45) is 0 Å². The van der Waals surface area contributed by atoms with Gasteiger partial charge in [0.2, 0.25) is 0 Å². The van der Waals surface area contributed by atoms with Gasteiger partial charge in [-0.1, -0.05) is 0 Å². The topological polar surface area (TPSA) is 98.5 Å². The van der Waals surface area contributed by atoms with Crippen LogP contribution in [0.2, 0.25) is 0 Å². The molecule has 1 aliphatic heterocycles. The summed E-state index contributed by atoms with van der Waals surface area (Å²) in [6.07, 6.45) is -0.576. The zero-order valence-electron chi connectivity index (χ0n) is 8.68. The highest BCUT2D eigenvalue weighted by molar-refractivity contribution is 8.00. The van der Waals surface area contributed by atoms with Crippen LogP contribution in [0.4, 0.5) is 0 Å². The molecular formula is C9H12N2O4S2. The van der Waals surface area contributed by atoms with Crippen molar-refractivity contribution in [3.8, 4) is 0 Å². The maximum atomic E-state index is 11.0. The number of hydrogen-bond donors (Lipinski definition) is 4. The highest BCUT2D eigenvalue weighted by Crippen LogP contribution is 2.41. The summed E-state index contributed by atoms with van der Waals surface area (Å²) in [5.41, 5.74) is -0.317. The van der Waals surface area contributed by atoms with Crippen LogP contribution < -0.4 is 5.56 Å². The molecule has 1 aromatic heterocycles. The van der Waals surface area contributed by atoms with Crippen molar-refractivity contribution in [1.82, 2.24) is 9.55 Å². The van der Waals surface area contributed by atoms with E-state index in [2.05, 4.69) is 4.98 Å². The number of aromatic amines is 1. The predicted octanol–water partition coefficient (Wildman–Crippen LogP) is -0.766. The Balaban J connectivity index is 2.35. The molecule has 8 heteroatoms. The molecule has 0 amide bonds. The van der Waals surface area contributed by atoms with E-state index < -0.39 is 22.8 Å². The van der Waals surface area contributed by atoms with Crippen LogP contribution in [0.5, 0.6) is 0 Å². The Morgan fingerprint density at radius 1 is 1.47 bits per heavy atom. The second-order valence-corrected chi connectivity index (χ2v) is 5.49. The van der Waals surface area contributed by atoms with Crippen molar-refractivity contribution in [3.63, 3.8) is 0 Å². The number of nitrogens with one attached hydrogen (secondary N) is 1. The van der Waals surface area contributed by atoms with E-state index in [0.717, 1.165) is 0 Å². The molecule has 0 bridgehead atoms. The van der Waals surface area contributed by atoms with Gasteiger partial charge in [-0.3, -0.25) is 9.78 Å². The largest absolute Gasteiger partial charge is 0.395 e. The van der Waals surface area contributed by atoms with E-state index in [1.807, 2.05) is 0 Å². The van der Waals surface area contributed by atoms with Gasteiger partial charge in [-0.05, 0) is 12.2 Å². The summed E-state index contributed by atoms with van der Waals surface area (Å²) >= 11 is 6.21. The van der Waals surface area contributed by atoms with Crippen molar-refractivity contribution in [3.05, 3.63) is 27.4 Å². The molecule has 0 aromatic carbocycles. The Labute approximate surface area is 106 Å². The number of aromatic nitrogens is 2. The molecular weight excluding hydrogens is 264 g/mol. The van der Waals surface area contributed by atoms with E-state index >= 15 is 0 Å². The van der Waals surface area contributed by atoms with Gasteiger partial charge in [0, 0.05) is 12.3 Å². The van der Waals surface area contributed by atoms with Crippen LogP contribution in [0.3, 0.4) is 0 Å². The van der Waals surface area contributed by atoms with Crippen LogP contribution in [-0.4, -0.2) is 48.9 Å². The van der Waals surface area contributed by atoms with Crippen LogP contribution >= 0.6 is 24.0 Å². The Morgan fingerprint density at radius 2 is 2.18 bits per heavy atom. The van der Waals surface area contributed by atoms with E-state index in [9.17, 15) is 15.0 Å². The second kappa shape index (κ2) is 4.91. The normalized spacial score (nSPS) is 32.9. The minimum Gasteiger partial charge on any atom is -0.395 e. The molecule has 2 rings (SSSR count). The first-order valence-corrected chi connectivity index (χ1v) is 6.33. The van der Waals surface area contributed by atoms with Crippen LogP contribution in [0.15, 0.2) is 17.1 Å². The molecule has 2 heterocycles. The lowest BCUT2D eigenvalue weighted by atomic mass is 10.1. The van der Waals surface area contributed by atoms with Gasteiger partial charge in [0.15, 0.2) is 4.77 Å². The number of rotatable bonds is 2. The maximum absolute atomic E-state index is 11.0. The molecule has 6 nitrogen and oxygen atoms in total. The molecule has 2 unspecified atom stereocenters. The van der Waals surface area contributed by atoms with Crippen LogP contribution in [0.25, 0.3) is 0 Å². The SMILES string of the molecule is O=c1ccn([C@@H]2S[C@@H](CO)C(O)C2O)c(=S)[nH]1. The van der Waals surface area contributed by atoms with Gasteiger partial charge in [0.1, 0.15) is 11.5 Å². The standard InChI is InChI=1S/C9H12N2O4S2/c12-3-4-6(14)7(15)8(17-4)11-2-1-5(13)10-9(11)16/h1-2,4,6-8,12,14-15H,3H2,(H,10,13,16)/t4-,6?,7?,8+/m0/s1. The van der Waals surface area contributed by atoms with Crippen molar-refractivity contribution in [2.75, 3.05) is 6.61 Å². The summed E-state index contributed by atoms with van der Waals surface area (Å²) in [6.45, 7) is -0.226. The second-order valence-electron chi connectivity index (χ2n) is 3.75. The van der Waals surface area contributed by atoms with E-state index in [1.165, 1.54) is 28.6 Å². The molecule has 0 radical (unpaired) electrons. The molecule has 0 spiro atoms. The fourth-order valence-corrected chi connectivity index (χ4v) is 3.47. The van der Waals surface area contributed by atoms with Gasteiger partial charge in [-0.2, -0.15) is 0 Å². The Morgan fingerprint density at radius 3 is 2.71 bits per heavy atom. The molecule has 1 saturated heterocycles. The first kappa shape index (κ1) is 12.8. The summed E-state index contributed by atoms with van der Waals surface area (Å²) in [4.78, 5) is 13.5. The Kier molecular flexibility index (Phi) is 3.69. The highest BCUT2D eigenvalue weighted by Gasteiger charge is 2.42. The molecule has 0 aliphatic carbocycles. The smallest absolute Gasteiger partial charge is 0.251 e. The van der Waals surface area contributed by atoms with E-state index in [-0.39, 0.29) is 16.9 Å². The zero-order chi connectivity index (χ0) is 12.6. The fraction of sp³-hybridized carbons (Fsp3) is 0.556. The van der Waals surface area contributed by atoms with E-state index in [4.69, 9.17) is 17.3 Å². The minimum atomic E-state index is -1.03. The molecule has 17 heavy (non-hydrogen) atoms. The summed E-state index contributed by atoms with van der Waals surface area (Å²) in [5.74, 6) is 0. The van der Waals surface area contributed by atoms with Gasteiger partial charge in [-0.15, -0.1) is 11.8 Å². The average Bonchev–Trinajstić information content (AvgIpc) is 2.57. The number of hydrogen-bond acceptors (Lipinski definition) is 6. The molecule has 1 fully saturated rings. The average molecular weight is 276 g/mol. The third-order valence-electron chi connectivity index (χ3n) is 2.64. The zero-order valence-corrected chi connectivity index (χ0v) is 10.3. The predicted molar refractivity (Wildman–Crippen MR) is 65.4 cm³/mol. The highest BCUT2D eigenvalue weighted by atomic mass is 32.2. The van der Waals surface area contributed by atoms with Crippen molar-refractivity contribution >= 4 is 24.0 Å². The number of aliphatic hydroxyl groups is 3. The molecule has 4 atom stereocenters. The van der Waals surface area contributed by atoms with Crippen LogP contribution in [-0.2, 0) is 0 Å². The minimum absolute atomic E-state index is 0.180. The fourth-order valence-electron chi connectivity index (χ4n) is 1.74. The molecule has 1 aromatic rings. The van der Waals surface area contributed by atoms with Crippen molar-refractivity contribution in [1.29, 1.82) is 0 Å².